The average molecular weight is 367 g/mol. The molecule has 140 valence electrons. The molecule has 2 N–H and O–H groups in total. The molecular weight excluding hydrogens is 346 g/mol. The van der Waals surface area contributed by atoms with Crippen LogP contribution in [0.2, 0.25) is 0 Å². The molecule has 0 aromatic heterocycles. The monoisotopic (exact) mass is 367 g/mol. The normalized spacial score (nSPS) is 16.6. The van der Waals surface area contributed by atoms with Crippen LogP contribution in [0.3, 0.4) is 0 Å². The molecular formula is C20H21N3O4. The van der Waals surface area contributed by atoms with E-state index in [-0.39, 0.29) is 6.61 Å². The zero-order valence-electron chi connectivity index (χ0n) is 15.1. The summed E-state index contributed by atoms with van der Waals surface area (Å²) in [4.78, 5) is 38.7. The molecule has 2 unspecified atom stereocenters. The molecule has 2 aromatic carbocycles. The van der Waals surface area contributed by atoms with Crippen LogP contribution in [-0.4, -0.2) is 30.4 Å². The van der Waals surface area contributed by atoms with Crippen LogP contribution >= 0.6 is 0 Å². The van der Waals surface area contributed by atoms with Gasteiger partial charge >= 0.3 is 5.97 Å². The van der Waals surface area contributed by atoms with Crippen molar-refractivity contribution in [2.24, 2.45) is 0 Å². The molecule has 2 atom stereocenters. The number of anilines is 2. The van der Waals surface area contributed by atoms with Gasteiger partial charge in [0.2, 0.25) is 11.8 Å². The number of esters is 1. The number of carbonyl (C=O) groups is 3. The van der Waals surface area contributed by atoms with Gasteiger partial charge in [0.25, 0.3) is 0 Å². The third-order valence-electron chi connectivity index (χ3n) is 4.33. The standard InChI is InChI=1S/C20H21N3O4/c1-3-27-20(26)18(22-21-14-9-5-4-6-10-14)17-15-11-7-8-12-16(15)23(13(2)24)19(17)25/h4-12,17-18,21-22H,3H2,1-2H3. The van der Waals surface area contributed by atoms with Crippen LogP contribution < -0.4 is 15.8 Å². The van der Waals surface area contributed by atoms with Crippen molar-refractivity contribution in [3.05, 3.63) is 60.2 Å². The minimum Gasteiger partial charge on any atom is -0.465 e. The summed E-state index contributed by atoms with van der Waals surface area (Å²) in [6, 6.07) is 15.2. The first-order valence-electron chi connectivity index (χ1n) is 8.71. The van der Waals surface area contributed by atoms with E-state index in [1.165, 1.54) is 6.92 Å². The number of fused-ring (bicyclic) bond motifs is 1. The predicted molar refractivity (Wildman–Crippen MR) is 101 cm³/mol. The lowest BCUT2D eigenvalue weighted by Gasteiger charge is -2.23. The molecule has 0 radical (unpaired) electrons. The van der Waals surface area contributed by atoms with Crippen molar-refractivity contribution in [2.75, 3.05) is 16.9 Å². The third kappa shape index (κ3) is 3.68. The fourth-order valence-electron chi connectivity index (χ4n) is 3.18. The lowest BCUT2D eigenvalue weighted by molar-refractivity contribution is -0.147. The Morgan fingerprint density at radius 1 is 1.11 bits per heavy atom. The zero-order valence-corrected chi connectivity index (χ0v) is 15.1. The second-order valence-electron chi connectivity index (χ2n) is 6.09. The number of hydrazine groups is 1. The second kappa shape index (κ2) is 8.01. The van der Waals surface area contributed by atoms with E-state index in [0.29, 0.717) is 11.3 Å². The van der Waals surface area contributed by atoms with Gasteiger partial charge in [-0.25, -0.2) is 10.3 Å². The van der Waals surface area contributed by atoms with Crippen LogP contribution in [0.15, 0.2) is 54.6 Å². The van der Waals surface area contributed by atoms with Gasteiger partial charge < -0.3 is 10.2 Å². The largest absolute Gasteiger partial charge is 0.465 e. The molecule has 2 aromatic rings. The van der Waals surface area contributed by atoms with E-state index in [1.807, 2.05) is 30.3 Å². The molecule has 1 heterocycles. The Hall–Kier alpha value is -3.19. The van der Waals surface area contributed by atoms with Crippen LogP contribution in [0.4, 0.5) is 11.4 Å². The summed E-state index contributed by atoms with van der Waals surface area (Å²) in [6.07, 6.45) is 0. The third-order valence-corrected chi connectivity index (χ3v) is 4.33. The summed E-state index contributed by atoms with van der Waals surface area (Å²) in [5.74, 6) is -2.29. The molecule has 0 fully saturated rings. The average Bonchev–Trinajstić information content (AvgIpc) is 2.95. The van der Waals surface area contributed by atoms with Gasteiger partial charge in [-0.2, -0.15) is 0 Å². The van der Waals surface area contributed by atoms with Crippen molar-refractivity contribution in [3.63, 3.8) is 0 Å². The Morgan fingerprint density at radius 2 is 1.78 bits per heavy atom. The number of carbonyl (C=O) groups excluding carboxylic acids is 3. The highest BCUT2D eigenvalue weighted by molar-refractivity contribution is 6.21. The number of hydrogen-bond acceptors (Lipinski definition) is 6. The quantitative estimate of drug-likeness (QED) is 0.601. The molecule has 2 amide bonds. The topological polar surface area (TPSA) is 87.7 Å². The molecule has 7 heteroatoms. The number of hydrogen-bond donors (Lipinski definition) is 2. The summed E-state index contributed by atoms with van der Waals surface area (Å²) < 4.78 is 5.17. The fourth-order valence-corrected chi connectivity index (χ4v) is 3.18. The van der Waals surface area contributed by atoms with E-state index >= 15 is 0 Å². The molecule has 27 heavy (non-hydrogen) atoms. The summed E-state index contributed by atoms with van der Waals surface area (Å²) in [7, 11) is 0. The van der Waals surface area contributed by atoms with Crippen molar-refractivity contribution >= 4 is 29.2 Å². The van der Waals surface area contributed by atoms with E-state index in [0.717, 1.165) is 10.6 Å². The molecule has 1 aliphatic rings. The number of amides is 2. The van der Waals surface area contributed by atoms with Crippen LogP contribution in [0.1, 0.15) is 25.3 Å². The van der Waals surface area contributed by atoms with E-state index in [9.17, 15) is 14.4 Å². The minimum atomic E-state index is -0.997. The maximum atomic E-state index is 13.0. The Bertz CT molecular complexity index is 853. The number of rotatable bonds is 6. The van der Waals surface area contributed by atoms with E-state index in [4.69, 9.17) is 4.74 Å². The molecule has 1 aliphatic heterocycles. The number of imide groups is 1. The van der Waals surface area contributed by atoms with Crippen LogP contribution in [-0.2, 0) is 19.1 Å². The van der Waals surface area contributed by atoms with E-state index < -0.39 is 29.7 Å². The molecule has 3 rings (SSSR count). The highest BCUT2D eigenvalue weighted by atomic mass is 16.5. The number of nitrogens with zero attached hydrogens (tertiary/aromatic N) is 1. The van der Waals surface area contributed by atoms with Crippen molar-refractivity contribution in [1.82, 2.24) is 5.43 Å². The lowest BCUT2D eigenvalue weighted by Crippen LogP contribution is -2.49. The number of benzene rings is 2. The van der Waals surface area contributed by atoms with E-state index in [1.54, 1.807) is 31.2 Å². The van der Waals surface area contributed by atoms with Crippen molar-refractivity contribution in [2.45, 2.75) is 25.8 Å². The van der Waals surface area contributed by atoms with Gasteiger partial charge in [0.15, 0.2) is 0 Å². The van der Waals surface area contributed by atoms with Gasteiger partial charge in [0.1, 0.15) is 6.04 Å². The summed E-state index contributed by atoms with van der Waals surface area (Å²) in [5, 5.41) is 0. The van der Waals surface area contributed by atoms with Gasteiger partial charge in [-0.15, -0.1) is 0 Å². The van der Waals surface area contributed by atoms with Crippen molar-refractivity contribution in [3.8, 4) is 0 Å². The van der Waals surface area contributed by atoms with Gasteiger partial charge in [-0.05, 0) is 30.7 Å². The molecule has 0 saturated heterocycles. The first-order valence-corrected chi connectivity index (χ1v) is 8.71. The highest BCUT2D eigenvalue weighted by Gasteiger charge is 2.46. The fraction of sp³-hybridized carbons (Fsp3) is 0.250. The van der Waals surface area contributed by atoms with Crippen LogP contribution in [0.25, 0.3) is 0 Å². The smallest absolute Gasteiger partial charge is 0.326 e. The predicted octanol–water partition coefficient (Wildman–Crippen LogP) is 2.21. The minimum absolute atomic E-state index is 0.182. The summed E-state index contributed by atoms with van der Waals surface area (Å²) in [5.41, 5.74) is 7.70. The van der Waals surface area contributed by atoms with Crippen LogP contribution in [0, 0.1) is 0 Å². The Balaban J connectivity index is 1.94. The SMILES string of the molecule is CCOC(=O)C(NNc1ccccc1)C1C(=O)N(C(C)=O)c2ccccc21. The first-order chi connectivity index (χ1) is 13.0. The first kappa shape index (κ1) is 18.6. The number of ether oxygens (including phenoxy) is 1. The molecule has 0 spiro atoms. The summed E-state index contributed by atoms with van der Waals surface area (Å²) >= 11 is 0. The Morgan fingerprint density at radius 3 is 2.44 bits per heavy atom. The lowest BCUT2D eigenvalue weighted by atomic mass is 9.93. The highest BCUT2D eigenvalue weighted by Crippen LogP contribution is 2.39. The molecule has 0 saturated carbocycles. The van der Waals surface area contributed by atoms with E-state index in [2.05, 4.69) is 10.9 Å². The molecule has 0 bridgehead atoms. The van der Waals surface area contributed by atoms with Crippen molar-refractivity contribution < 1.29 is 19.1 Å². The van der Waals surface area contributed by atoms with Crippen molar-refractivity contribution in [1.29, 1.82) is 0 Å². The molecule has 0 aliphatic carbocycles. The maximum Gasteiger partial charge on any atom is 0.326 e. The number of para-hydroxylation sites is 2. The Kier molecular flexibility index (Phi) is 5.52. The van der Waals surface area contributed by atoms with Gasteiger partial charge in [-0.1, -0.05) is 36.4 Å². The summed E-state index contributed by atoms with van der Waals surface area (Å²) in [6.45, 7) is 3.21. The zero-order chi connectivity index (χ0) is 19.4. The molecule has 7 nitrogen and oxygen atoms in total. The van der Waals surface area contributed by atoms with Gasteiger partial charge in [0, 0.05) is 12.6 Å². The van der Waals surface area contributed by atoms with Crippen LogP contribution in [0.5, 0.6) is 0 Å². The van der Waals surface area contributed by atoms with Gasteiger partial charge in [-0.3, -0.25) is 14.4 Å². The Labute approximate surface area is 157 Å². The maximum absolute atomic E-state index is 13.0. The van der Waals surface area contributed by atoms with Gasteiger partial charge in [0.05, 0.1) is 18.2 Å². The second-order valence-corrected chi connectivity index (χ2v) is 6.09. The number of nitrogens with one attached hydrogen (secondary N) is 2.